The van der Waals surface area contributed by atoms with Gasteiger partial charge in [-0.3, -0.25) is 4.79 Å². The van der Waals surface area contributed by atoms with Gasteiger partial charge in [-0.05, 0) is 50.3 Å². The maximum absolute atomic E-state index is 11.7. The lowest BCUT2D eigenvalue weighted by Crippen LogP contribution is -2.00. The van der Waals surface area contributed by atoms with Crippen LogP contribution in [0.2, 0.25) is 0 Å². The van der Waals surface area contributed by atoms with Crippen LogP contribution in [0.15, 0.2) is 13.6 Å². The highest BCUT2D eigenvalue weighted by Crippen LogP contribution is 2.32. The molecule has 0 saturated carbocycles. The number of ketones is 1. The first-order valence-electron chi connectivity index (χ1n) is 4.48. The highest BCUT2D eigenvalue weighted by atomic mass is 79.9. The number of carbonyl (C=O) groups is 1. The van der Waals surface area contributed by atoms with Gasteiger partial charge in [0.1, 0.15) is 0 Å². The monoisotopic (exact) mass is 338 g/mol. The van der Waals surface area contributed by atoms with Gasteiger partial charge in [0.15, 0.2) is 5.78 Å². The lowest BCUT2D eigenvalue weighted by Gasteiger charge is -2.02. The van der Waals surface area contributed by atoms with Gasteiger partial charge in [0, 0.05) is 12.0 Å². The molecule has 0 radical (unpaired) electrons. The molecule has 14 heavy (non-hydrogen) atoms. The van der Waals surface area contributed by atoms with Crippen LogP contribution in [0.3, 0.4) is 0 Å². The van der Waals surface area contributed by atoms with Crippen molar-refractivity contribution in [2.24, 2.45) is 5.92 Å². The number of rotatable bonds is 4. The molecule has 0 aliphatic carbocycles. The van der Waals surface area contributed by atoms with Crippen molar-refractivity contribution in [3.8, 4) is 0 Å². The van der Waals surface area contributed by atoms with Crippen LogP contribution in [-0.4, -0.2) is 5.78 Å². The quantitative estimate of drug-likeness (QED) is 0.713. The molecule has 0 unspecified atom stereocenters. The number of halogens is 2. The lowest BCUT2D eigenvalue weighted by atomic mass is 10.0. The van der Waals surface area contributed by atoms with Crippen LogP contribution in [0.1, 0.15) is 37.0 Å². The molecule has 78 valence electrons. The van der Waals surface area contributed by atoms with Crippen molar-refractivity contribution < 1.29 is 4.79 Å². The van der Waals surface area contributed by atoms with Crippen molar-refractivity contribution in [2.45, 2.75) is 26.7 Å². The van der Waals surface area contributed by atoms with Crippen LogP contribution in [-0.2, 0) is 0 Å². The summed E-state index contributed by atoms with van der Waals surface area (Å²) >= 11 is 8.30. The Hall–Kier alpha value is 0.330. The molecule has 1 nitrogen and oxygen atoms in total. The Morgan fingerprint density at radius 2 is 2.14 bits per heavy atom. The van der Waals surface area contributed by atoms with Crippen LogP contribution in [0, 0.1) is 5.92 Å². The minimum absolute atomic E-state index is 0.229. The van der Waals surface area contributed by atoms with E-state index in [2.05, 4.69) is 45.7 Å². The standard InChI is InChI=1S/C10H12Br2OS/c1-6(2)3-4-8(13)7-5-9(11)14-10(7)12/h5-6H,3-4H2,1-2H3. The number of carbonyl (C=O) groups excluding carboxylic acids is 1. The molecule has 0 amide bonds. The van der Waals surface area contributed by atoms with Gasteiger partial charge in [-0.15, -0.1) is 11.3 Å². The van der Waals surface area contributed by atoms with Gasteiger partial charge in [0.05, 0.1) is 7.57 Å². The normalized spacial score (nSPS) is 10.9. The Kier molecular flexibility index (Phi) is 4.80. The third kappa shape index (κ3) is 3.48. The molecule has 0 fully saturated rings. The highest BCUT2D eigenvalue weighted by molar-refractivity contribution is 9.12. The Bertz CT molecular complexity index is 331. The van der Waals surface area contributed by atoms with Gasteiger partial charge >= 0.3 is 0 Å². The Morgan fingerprint density at radius 3 is 2.57 bits per heavy atom. The van der Waals surface area contributed by atoms with E-state index >= 15 is 0 Å². The third-order valence-electron chi connectivity index (χ3n) is 1.91. The summed E-state index contributed by atoms with van der Waals surface area (Å²) in [4.78, 5) is 11.7. The van der Waals surface area contributed by atoms with Crippen molar-refractivity contribution >= 4 is 49.0 Å². The predicted octanol–water partition coefficient (Wildman–Crippen LogP) is 4.89. The van der Waals surface area contributed by atoms with E-state index in [1.165, 1.54) is 0 Å². The summed E-state index contributed by atoms with van der Waals surface area (Å²) in [6.45, 7) is 4.26. The summed E-state index contributed by atoms with van der Waals surface area (Å²) in [5, 5.41) is 0. The Balaban J connectivity index is 2.65. The summed E-state index contributed by atoms with van der Waals surface area (Å²) in [5.74, 6) is 0.812. The second kappa shape index (κ2) is 5.42. The number of thiophene rings is 1. The van der Waals surface area contributed by atoms with E-state index in [0.717, 1.165) is 19.6 Å². The molecule has 0 bridgehead atoms. The van der Waals surface area contributed by atoms with Gasteiger partial charge in [0.25, 0.3) is 0 Å². The average molecular weight is 340 g/mol. The van der Waals surface area contributed by atoms with E-state index in [1.807, 2.05) is 6.07 Å². The van der Waals surface area contributed by atoms with Crippen molar-refractivity contribution in [3.63, 3.8) is 0 Å². The minimum Gasteiger partial charge on any atom is -0.294 e. The minimum atomic E-state index is 0.229. The second-order valence-electron chi connectivity index (χ2n) is 3.59. The van der Waals surface area contributed by atoms with Crippen LogP contribution in [0.5, 0.6) is 0 Å². The summed E-state index contributed by atoms with van der Waals surface area (Å²) in [7, 11) is 0. The van der Waals surface area contributed by atoms with Gasteiger partial charge in [-0.2, -0.15) is 0 Å². The summed E-state index contributed by atoms with van der Waals surface area (Å²) in [6, 6.07) is 1.89. The van der Waals surface area contributed by atoms with Crippen molar-refractivity contribution in [3.05, 3.63) is 19.2 Å². The number of hydrogen-bond acceptors (Lipinski definition) is 2. The van der Waals surface area contributed by atoms with E-state index < -0.39 is 0 Å². The van der Waals surface area contributed by atoms with E-state index in [9.17, 15) is 4.79 Å². The van der Waals surface area contributed by atoms with Crippen LogP contribution >= 0.6 is 43.2 Å². The van der Waals surface area contributed by atoms with Gasteiger partial charge < -0.3 is 0 Å². The predicted molar refractivity (Wildman–Crippen MR) is 68.1 cm³/mol. The fourth-order valence-electron chi connectivity index (χ4n) is 1.08. The Labute approximate surface area is 105 Å². The fraction of sp³-hybridized carbons (Fsp3) is 0.500. The van der Waals surface area contributed by atoms with Crippen molar-refractivity contribution in [1.29, 1.82) is 0 Å². The van der Waals surface area contributed by atoms with Crippen LogP contribution in [0.4, 0.5) is 0 Å². The molecule has 1 aromatic rings. The zero-order valence-electron chi connectivity index (χ0n) is 8.14. The molecule has 0 saturated heterocycles. The summed E-state index contributed by atoms with van der Waals surface area (Å²) < 4.78 is 1.93. The van der Waals surface area contributed by atoms with Crippen molar-refractivity contribution in [1.82, 2.24) is 0 Å². The van der Waals surface area contributed by atoms with Crippen LogP contribution < -0.4 is 0 Å². The molecular weight excluding hydrogens is 328 g/mol. The van der Waals surface area contributed by atoms with E-state index in [1.54, 1.807) is 11.3 Å². The zero-order chi connectivity index (χ0) is 10.7. The average Bonchev–Trinajstić information content (AvgIpc) is 2.41. The van der Waals surface area contributed by atoms with Gasteiger partial charge in [-0.25, -0.2) is 0 Å². The summed E-state index contributed by atoms with van der Waals surface area (Å²) in [5.41, 5.74) is 0.808. The van der Waals surface area contributed by atoms with E-state index in [-0.39, 0.29) is 5.78 Å². The van der Waals surface area contributed by atoms with Gasteiger partial charge in [0.2, 0.25) is 0 Å². The SMILES string of the molecule is CC(C)CCC(=O)c1cc(Br)sc1Br. The zero-order valence-corrected chi connectivity index (χ0v) is 12.1. The maximum atomic E-state index is 11.7. The number of hydrogen-bond donors (Lipinski definition) is 0. The smallest absolute Gasteiger partial charge is 0.164 e. The second-order valence-corrected chi connectivity index (χ2v) is 7.34. The van der Waals surface area contributed by atoms with E-state index in [0.29, 0.717) is 12.3 Å². The first-order chi connectivity index (χ1) is 6.50. The molecule has 1 aromatic heterocycles. The van der Waals surface area contributed by atoms with Gasteiger partial charge in [-0.1, -0.05) is 13.8 Å². The lowest BCUT2D eigenvalue weighted by molar-refractivity contribution is 0.0975. The first-order valence-corrected chi connectivity index (χ1v) is 6.89. The van der Waals surface area contributed by atoms with Crippen molar-refractivity contribution in [2.75, 3.05) is 0 Å². The maximum Gasteiger partial charge on any atom is 0.164 e. The molecule has 0 aliphatic heterocycles. The molecule has 1 rings (SSSR count). The molecule has 1 heterocycles. The first kappa shape index (κ1) is 12.4. The Morgan fingerprint density at radius 1 is 1.50 bits per heavy atom. The molecule has 0 aliphatic rings. The third-order valence-corrected chi connectivity index (χ3v) is 4.25. The number of Topliss-reactive ketones (excluding diaryl/α,β-unsaturated/α-hetero) is 1. The molecule has 4 heteroatoms. The molecule has 0 atom stereocenters. The van der Waals surface area contributed by atoms with E-state index in [4.69, 9.17) is 0 Å². The molecular formula is C10H12Br2OS. The molecule has 0 N–H and O–H groups in total. The fourth-order valence-corrected chi connectivity index (χ4v) is 3.94. The summed E-state index contributed by atoms with van der Waals surface area (Å²) in [6.07, 6.45) is 1.60. The molecule has 0 spiro atoms. The van der Waals surface area contributed by atoms with Crippen LogP contribution in [0.25, 0.3) is 0 Å². The highest BCUT2D eigenvalue weighted by Gasteiger charge is 2.13. The largest absolute Gasteiger partial charge is 0.294 e. The molecule has 0 aromatic carbocycles. The topological polar surface area (TPSA) is 17.1 Å².